The number of hydrogen-bond acceptors (Lipinski definition) is 2. The van der Waals surface area contributed by atoms with Crippen LogP contribution in [-0.4, -0.2) is 35.5 Å². The quantitative estimate of drug-likeness (QED) is 0.442. The van der Waals surface area contributed by atoms with Gasteiger partial charge in [-0.15, -0.1) is 9.24 Å². The summed E-state index contributed by atoms with van der Waals surface area (Å²) in [5.41, 5.74) is 4.81. The minimum Gasteiger partial charge on any atom is -0.313 e. The summed E-state index contributed by atoms with van der Waals surface area (Å²) in [5, 5.41) is 8.53. The van der Waals surface area contributed by atoms with E-state index in [1.807, 2.05) is 0 Å². The van der Waals surface area contributed by atoms with Crippen LogP contribution in [0, 0.1) is 0 Å². The van der Waals surface area contributed by atoms with Crippen molar-refractivity contribution in [2.24, 2.45) is 0 Å². The predicted molar refractivity (Wildman–Crippen MR) is 149 cm³/mol. The molecule has 3 atom stereocenters. The fourth-order valence-electron chi connectivity index (χ4n) is 6.04. The van der Waals surface area contributed by atoms with Crippen LogP contribution in [0.4, 0.5) is 0 Å². The molecule has 2 heterocycles. The van der Waals surface area contributed by atoms with Gasteiger partial charge in [-0.3, -0.25) is 0 Å². The molecule has 2 N–H and O–H groups in total. The molecule has 0 saturated carbocycles. The fraction of sp³-hybridized carbons (Fsp3) is 0.786. The van der Waals surface area contributed by atoms with Crippen molar-refractivity contribution in [3.8, 4) is 0 Å². The molecule has 0 bridgehead atoms. The highest BCUT2D eigenvalue weighted by molar-refractivity contribution is 7.60. The second-order valence-electron chi connectivity index (χ2n) is 13.3. The highest BCUT2D eigenvalue weighted by atomic mass is 31.1. The number of nitrogens with one attached hydrogen (secondary N) is 2. The Morgan fingerprint density at radius 1 is 0.844 bits per heavy atom. The van der Waals surface area contributed by atoms with Crippen LogP contribution in [0.15, 0.2) is 18.2 Å². The normalized spacial score (nSPS) is 24.8. The third-order valence-corrected chi connectivity index (χ3v) is 12.7. The highest BCUT2D eigenvalue weighted by Crippen LogP contribution is 2.62. The van der Waals surface area contributed by atoms with E-state index in [4.69, 9.17) is 0 Å². The van der Waals surface area contributed by atoms with Crippen molar-refractivity contribution in [3.05, 3.63) is 34.9 Å². The van der Waals surface area contributed by atoms with Crippen LogP contribution in [0.2, 0.25) is 0 Å². The maximum atomic E-state index is 3.92. The largest absolute Gasteiger partial charge is 0.313 e. The molecule has 2 nitrogen and oxygen atoms in total. The average molecular weight is 477 g/mol. The van der Waals surface area contributed by atoms with Crippen LogP contribution in [-0.2, 0) is 16.7 Å². The maximum Gasteiger partial charge on any atom is 0.0405 e. The molecule has 0 radical (unpaired) electrons. The standard InChI is InChI=1S/C28H50N2P2/c1-25(2,3)21-15-14-20(19-32(26(4,5)6)27(7,8)9)22(18-21)28(31,23-12-10-16-29-23)24-13-11-17-30-24/h14-15,18,23-24,29-30H,10-13,16-17,19,31H2,1-9H3. The van der Waals surface area contributed by atoms with Crippen molar-refractivity contribution in [1.82, 2.24) is 10.6 Å². The summed E-state index contributed by atoms with van der Waals surface area (Å²) in [5.74, 6) is 0. The first kappa shape index (κ1) is 26.6. The van der Waals surface area contributed by atoms with Gasteiger partial charge < -0.3 is 10.6 Å². The topological polar surface area (TPSA) is 24.1 Å². The van der Waals surface area contributed by atoms with Gasteiger partial charge in [0, 0.05) is 17.2 Å². The van der Waals surface area contributed by atoms with E-state index in [0.717, 1.165) is 13.1 Å². The zero-order valence-corrected chi connectivity index (χ0v) is 24.4. The van der Waals surface area contributed by atoms with E-state index in [2.05, 4.69) is 100 Å². The third kappa shape index (κ3) is 5.62. The summed E-state index contributed by atoms with van der Waals surface area (Å²) in [7, 11) is 3.23. The zero-order valence-electron chi connectivity index (χ0n) is 22.4. The lowest BCUT2D eigenvalue weighted by atomic mass is 9.77. The molecule has 2 saturated heterocycles. The van der Waals surface area contributed by atoms with Gasteiger partial charge in [-0.25, -0.2) is 0 Å². The molecule has 182 valence electrons. The smallest absolute Gasteiger partial charge is 0.0405 e. The summed E-state index contributed by atoms with van der Waals surface area (Å²) < 4.78 is 0. The van der Waals surface area contributed by atoms with Gasteiger partial charge in [0.1, 0.15) is 0 Å². The molecule has 4 heteroatoms. The molecule has 0 spiro atoms. The van der Waals surface area contributed by atoms with Gasteiger partial charge in [0.2, 0.25) is 0 Å². The average Bonchev–Trinajstić information content (AvgIpc) is 3.36. The molecule has 2 aliphatic rings. The molecule has 2 fully saturated rings. The summed E-state index contributed by atoms with van der Waals surface area (Å²) >= 11 is 0. The Morgan fingerprint density at radius 3 is 1.72 bits per heavy atom. The van der Waals surface area contributed by atoms with Gasteiger partial charge in [-0.2, -0.15) is 0 Å². The van der Waals surface area contributed by atoms with E-state index in [1.165, 1.54) is 37.4 Å². The Labute approximate surface area is 202 Å². The van der Waals surface area contributed by atoms with Crippen LogP contribution >= 0.6 is 17.2 Å². The Bertz CT molecular complexity index is 740. The Kier molecular flexibility index (Phi) is 7.95. The first-order chi connectivity index (χ1) is 14.6. The van der Waals surface area contributed by atoms with Crippen molar-refractivity contribution in [3.63, 3.8) is 0 Å². The van der Waals surface area contributed by atoms with Crippen molar-refractivity contribution in [1.29, 1.82) is 0 Å². The van der Waals surface area contributed by atoms with Crippen LogP contribution in [0.1, 0.15) is 105 Å². The first-order valence-electron chi connectivity index (χ1n) is 12.8. The molecule has 0 aliphatic carbocycles. The van der Waals surface area contributed by atoms with E-state index < -0.39 is 0 Å². The summed E-state index contributed by atoms with van der Waals surface area (Å²) in [6, 6.07) is 8.57. The van der Waals surface area contributed by atoms with Gasteiger partial charge in [-0.05, 0) is 77.4 Å². The molecule has 1 aromatic rings. The second kappa shape index (κ2) is 9.57. The molecule has 0 amide bonds. The van der Waals surface area contributed by atoms with Crippen molar-refractivity contribution in [2.75, 3.05) is 13.1 Å². The fourth-order valence-corrected chi connectivity index (χ4v) is 10.5. The molecule has 1 aromatic carbocycles. The molecule has 3 rings (SSSR count). The lowest BCUT2D eigenvalue weighted by Crippen LogP contribution is -2.53. The number of hydrogen-bond donors (Lipinski definition) is 2. The lowest BCUT2D eigenvalue weighted by Gasteiger charge is -2.46. The lowest BCUT2D eigenvalue weighted by molar-refractivity contribution is 0.351. The molecular formula is C28H50N2P2. The van der Waals surface area contributed by atoms with E-state index in [-0.39, 0.29) is 18.5 Å². The zero-order chi connectivity index (χ0) is 23.9. The van der Waals surface area contributed by atoms with Gasteiger partial charge in [0.05, 0.1) is 0 Å². The molecular weight excluding hydrogens is 426 g/mol. The van der Waals surface area contributed by atoms with Crippen molar-refractivity contribution >= 4 is 17.2 Å². The summed E-state index contributed by atoms with van der Waals surface area (Å²) in [6.07, 6.45) is 6.33. The SMILES string of the molecule is CC(C)(C)c1ccc(CP(C(C)(C)C)C(C)(C)C)c(C(P)(C2CCCN2)C2CCCN2)c1. The van der Waals surface area contributed by atoms with Crippen LogP contribution in [0.5, 0.6) is 0 Å². The highest BCUT2D eigenvalue weighted by Gasteiger charge is 2.47. The summed E-state index contributed by atoms with van der Waals surface area (Å²) in [6.45, 7) is 24.1. The predicted octanol–water partition coefficient (Wildman–Crippen LogP) is 7.14. The van der Waals surface area contributed by atoms with Crippen molar-refractivity contribution in [2.45, 2.75) is 127 Å². The minimum absolute atomic E-state index is 0.0420. The van der Waals surface area contributed by atoms with Gasteiger partial charge in [-0.1, -0.05) is 88.4 Å². The van der Waals surface area contributed by atoms with Gasteiger partial charge >= 0.3 is 0 Å². The van der Waals surface area contributed by atoms with Crippen LogP contribution in [0.3, 0.4) is 0 Å². The molecule has 0 aromatic heterocycles. The van der Waals surface area contributed by atoms with E-state index in [9.17, 15) is 0 Å². The maximum absolute atomic E-state index is 3.92. The van der Waals surface area contributed by atoms with E-state index >= 15 is 0 Å². The van der Waals surface area contributed by atoms with Crippen LogP contribution in [0.25, 0.3) is 0 Å². The Balaban J connectivity index is 2.18. The minimum atomic E-state index is -0.195. The van der Waals surface area contributed by atoms with E-state index in [0.29, 0.717) is 22.4 Å². The third-order valence-electron chi connectivity index (χ3n) is 7.66. The number of rotatable bonds is 5. The summed E-state index contributed by atoms with van der Waals surface area (Å²) in [4.78, 5) is 0. The molecule has 3 unspecified atom stereocenters. The van der Waals surface area contributed by atoms with Crippen molar-refractivity contribution < 1.29 is 0 Å². The monoisotopic (exact) mass is 476 g/mol. The number of benzene rings is 1. The van der Waals surface area contributed by atoms with Gasteiger partial charge in [0.25, 0.3) is 0 Å². The Hall–Kier alpha value is -0.0000000000000000555. The Morgan fingerprint density at radius 2 is 1.34 bits per heavy atom. The van der Waals surface area contributed by atoms with Crippen LogP contribution < -0.4 is 10.6 Å². The molecule has 32 heavy (non-hydrogen) atoms. The first-order valence-corrected chi connectivity index (χ1v) is 14.9. The van der Waals surface area contributed by atoms with E-state index in [1.54, 1.807) is 11.1 Å². The molecule has 2 aliphatic heterocycles. The second-order valence-corrected chi connectivity index (χ2v) is 18.1. The van der Waals surface area contributed by atoms with Gasteiger partial charge in [0.15, 0.2) is 0 Å².